The van der Waals surface area contributed by atoms with Gasteiger partial charge in [0.05, 0.1) is 6.10 Å². The molecular weight excluding hydrogens is 240 g/mol. The fraction of sp³-hybridized carbons (Fsp3) is 0.533. The van der Waals surface area contributed by atoms with Crippen LogP contribution in [0.4, 0.5) is 0 Å². The van der Waals surface area contributed by atoms with Crippen molar-refractivity contribution >= 4 is 11.1 Å². The minimum Gasteiger partial charge on any atom is -0.438 e. The number of fused-ring (bicyclic) bond motifs is 1. The van der Waals surface area contributed by atoms with E-state index >= 15 is 0 Å². The molecule has 0 atom stereocenters. The molecular formula is C15H20N2O2. The number of hydrogen-bond acceptors (Lipinski definition) is 4. The maximum absolute atomic E-state index is 5.86. The Hall–Kier alpha value is -1.39. The van der Waals surface area contributed by atoms with Gasteiger partial charge in [0.1, 0.15) is 12.1 Å². The largest absolute Gasteiger partial charge is 0.438 e. The minimum absolute atomic E-state index is 0.336. The van der Waals surface area contributed by atoms with Gasteiger partial charge in [-0.1, -0.05) is 13.0 Å². The first-order chi connectivity index (χ1) is 9.35. The highest BCUT2D eigenvalue weighted by Crippen LogP contribution is 2.19. The average molecular weight is 260 g/mol. The van der Waals surface area contributed by atoms with Gasteiger partial charge in [-0.2, -0.15) is 0 Å². The number of rotatable bonds is 4. The first-order valence-electron chi connectivity index (χ1n) is 7.06. The van der Waals surface area contributed by atoms with Gasteiger partial charge in [-0.15, -0.1) is 0 Å². The van der Waals surface area contributed by atoms with Gasteiger partial charge < -0.3 is 14.5 Å². The molecule has 0 radical (unpaired) electrons. The highest BCUT2D eigenvalue weighted by molar-refractivity contribution is 5.73. The van der Waals surface area contributed by atoms with Crippen LogP contribution in [0.25, 0.3) is 11.1 Å². The van der Waals surface area contributed by atoms with E-state index in [4.69, 9.17) is 9.15 Å². The fourth-order valence-corrected chi connectivity index (χ4v) is 2.45. The number of oxazole rings is 1. The Balaban J connectivity index is 1.67. The maximum atomic E-state index is 5.86. The molecule has 0 aliphatic carbocycles. The van der Waals surface area contributed by atoms with Crippen LogP contribution in [-0.2, 0) is 17.8 Å². The smallest absolute Gasteiger partial charge is 0.221 e. The summed E-state index contributed by atoms with van der Waals surface area (Å²) in [5, 5.41) is 3.33. The Labute approximate surface area is 113 Å². The number of piperidine rings is 1. The molecule has 3 rings (SSSR count). The van der Waals surface area contributed by atoms with E-state index in [1.54, 1.807) is 0 Å². The summed E-state index contributed by atoms with van der Waals surface area (Å²) in [6, 6.07) is 6.17. The van der Waals surface area contributed by atoms with Gasteiger partial charge in [0, 0.05) is 0 Å². The predicted octanol–water partition coefficient (Wildman–Crippen LogP) is 2.66. The van der Waals surface area contributed by atoms with Gasteiger partial charge in [-0.25, -0.2) is 4.98 Å². The zero-order chi connectivity index (χ0) is 13.1. The molecule has 0 bridgehead atoms. The first-order valence-corrected chi connectivity index (χ1v) is 7.06. The van der Waals surface area contributed by atoms with Gasteiger partial charge in [0.25, 0.3) is 0 Å². The van der Waals surface area contributed by atoms with Crippen molar-refractivity contribution in [3.05, 3.63) is 29.7 Å². The molecule has 1 aliphatic rings. The number of nitrogens with zero attached hydrogens (tertiary/aromatic N) is 1. The summed E-state index contributed by atoms with van der Waals surface area (Å²) in [5.74, 6) is 0.682. The standard InChI is InChI=1S/C15H20N2O2/c1-2-11-3-4-14-13(9-11)17-15(19-14)10-18-12-5-7-16-8-6-12/h3-4,9,12,16H,2,5-8,10H2,1H3. The van der Waals surface area contributed by atoms with Crippen LogP contribution < -0.4 is 5.32 Å². The van der Waals surface area contributed by atoms with Gasteiger partial charge in [-0.3, -0.25) is 0 Å². The minimum atomic E-state index is 0.336. The van der Waals surface area contributed by atoms with Crippen LogP contribution in [0.15, 0.2) is 22.6 Å². The molecule has 1 aliphatic heterocycles. The highest BCUT2D eigenvalue weighted by atomic mass is 16.5. The van der Waals surface area contributed by atoms with Crippen LogP contribution in [0, 0.1) is 0 Å². The molecule has 1 saturated heterocycles. The van der Waals surface area contributed by atoms with Gasteiger partial charge in [0.2, 0.25) is 5.89 Å². The Morgan fingerprint density at radius 2 is 2.21 bits per heavy atom. The molecule has 4 heteroatoms. The molecule has 0 saturated carbocycles. The summed E-state index contributed by atoms with van der Waals surface area (Å²) in [7, 11) is 0. The SMILES string of the molecule is CCc1ccc2oc(COC3CCNCC3)nc2c1. The third-order valence-electron chi connectivity index (χ3n) is 3.63. The lowest BCUT2D eigenvalue weighted by Crippen LogP contribution is -2.32. The number of ether oxygens (including phenoxy) is 1. The van der Waals surface area contributed by atoms with Gasteiger partial charge in [-0.05, 0) is 50.0 Å². The second kappa shape index (κ2) is 5.72. The topological polar surface area (TPSA) is 47.3 Å². The highest BCUT2D eigenvalue weighted by Gasteiger charge is 2.15. The number of aromatic nitrogens is 1. The van der Waals surface area contributed by atoms with Crippen LogP contribution in [-0.4, -0.2) is 24.2 Å². The molecule has 1 aromatic carbocycles. The van der Waals surface area contributed by atoms with Crippen LogP contribution in [0.3, 0.4) is 0 Å². The normalized spacial score (nSPS) is 17.1. The Bertz CT molecular complexity index is 544. The summed E-state index contributed by atoms with van der Waals surface area (Å²) in [6.07, 6.45) is 3.49. The van der Waals surface area contributed by atoms with Crippen molar-refractivity contribution in [1.29, 1.82) is 0 Å². The van der Waals surface area contributed by atoms with E-state index in [0.29, 0.717) is 18.6 Å². The molecule has 0 unspecified atom stereocenters. The van der Waals surface area contributed by atoms with Crippen molar-refractivity contribution in [2.45, 2.75) is 38.9 Å². The van der Waals surface area contributed by atoms with Crippen molar-refractivity contribution < 1.29 is 9.15 Å². The number of aryl methyl sites for hydroxylation is 1. The summed E-state index contributed by atoms with van der Waals surface area (Å²) >= 11 is 0. The van der Waals surface area contributed by atoms with Gasteiger partial charge in [0.15, 0.2) is 5.58 Å². The second-order valence-corrected chi connectivity index (χ2v) is 5.02. The third-order valence-corrected chi connectivity index (χ3v) is 3.63. The van der Waals surface area contributed by atoms with E-state index in [2.05, 4.69) is 29.4 Å². The maximum Gasteiger partial charge on any atom is 0.221 e. The average Bonchev–Trinajstić information content (AvgIpc) is 2.88. The Kier molecular flexibility index (Phi) is 3.80. The van der Waals surface area contributed by atoms with Crippen LogP contribution in [0.5, 0.6) is 0 Å². The van der Waals surface area contributed by atoms with Crippen LogP contribution in [0.2, 0.25) is 0 Å². The van der Waals surface area contributed by atoms with Crippen LogP contribution >= 0.6 is 0 Å². The van der Waals surface area contributed by atoms with Crippen molar-refractivity contribution in [3.63, 3.8) is 0 Å². The number of nitrogens with one attached hydrogen (secondary N) is 1. The molecule has 4 nitrogen and oxygen atoms in total. The van der Waals surface area contributed by atoms with E-state index in [9.17, 15) is 0 Å². The quantitative estimate of drug-likeness (QED) is 0.918. The first kappa shape index (κ1) is 12.6. The zero-order valence-corrected chi connectivity index (χ0v) is 11.3. The van der Waals surface area contributed by atoms with E-state index < -0.39 is 0 Å². The van der Waals surface area contributed by atoms with Crippen molar-refractivity contribution in [3.8, 4) is 0 Å². The monoisotopic (exact) mass is 260 g/mol. The van der Waals surface area contributed by atoms with E-state index in [-0.39, 0.29) is 0 Å². The van der Waals surface area contributed by atoms with Gasteiger partial charge >= 0.3 is 0 Å². The second-order valence-electron chi connectivity index (χ2n) is 5.02. The molecule has 2 heterocycles. The van der Waals surface area contributed by atoms with E-state index in [0.717, 1.165) is 43.5 Å². The zero-order valence-electron chi connectivity index (χ0n) is 11.3. The Morgan fingerprint density at radius 1 is 1.37 bits per heavy atom. The summed E-state index contributed by atoms with van der Waals surface area (Å²) in [6.45, 7) is 4.69. The summed E-state index contributed by atoms with van der Waals surface area (Å²) < 4.78 is 11.6. The molecule has 19 heavy (non-hydrogen) atoms. The molecule has 0 amide bonds. The lowest BCUT2D eigenvalue weighted by Gasteiger charge is -2.22. The van der Waals surface area contributed by atoms with E-state index in [1.165, 1.54) is 5.56 Å². The summed E-state index contributed by atoms with van der Waals surface area (Å²) in [4.78, 5) is 4.50. The van der Waals surface area contributed by atoms with Crippen LogP contribution in [0.1, 0.15) is 31.2 Å². The summed E-state index contributed by atoms with van der Waals surface area (Å²) in [5.41, 5.74) is 3.07. The molecule has 1 fully saturated rings. The molecule has 0 spiro atoms. The molecule has 102 valence electrons. The number of benzene rings is 1. The number of hydrogen-bond donors (Lipinski definition) is 1. The van der Waals surface area contributed by atoms with Crippen molar-refractivity contribution in [1.82, 2.24) is 10.3 Å². The molecule has 1 N–H and O–H groups in total. The third kappa shape index (κ3) is 2.96. The fourth-order valence-electron chi connectivity index (χ4n) is 2.45. The molecule has 1 aromatic heterocycles. The van der Waals surface area contributed by atoms with Crippen molar-refractivity contribution in [2.24, 2.45) is 0 Å². The molecule has 2 aromatic rings. The lowest BCUT2D eigenvalue weighted by atomic mass is 10.1. The Morgan fingerprint density at radius 3 is 3.00 bits per heavy atom. The predicted molar refractivity (Wildman–Crippen MR) is 74.1 cm³/mol. The van der Waals surface area contributed by atoms with Crippen molar-refractivity contribution in [2.75, 3.05) is 13.1 Å². The van der Waals surface area contributed by atoms with E-state index in [1.807, 2.05) is 6.07 Å². The lowest BCUT2D eigenvalue weighted by molar-refractivity contribution is 0.0113.